The van der Waals surface area contributed by atoms with Gasteiger partial charge in [0.1, 0.15) is 0 Å². The molecule has 1 heterocycles. The van der Waals surface area contributed by atoms with Gasteiger partial charge in [0.2, 0.25) is 0 Å². The Morgan fingerprint density at radius 1 is 0.571 bits per heavy atom. The Morgan fingerprint density at radius 2 is 1.10 bits per heavy atom. The molecule has 1 aliphatic heterocycles. The fourth-order valence-corrected chi connectivity index (χ4v) is 10.4. The molecule has 8 radical (unpaired) electrons. The fraction of sp³-hybridized carbons (Fsp3) is 0.588. The summed E-state index contributed by atoms with van der Waals surface area (Å²) in [4.78, 5) is 0. The molecule has 0 bridgehead atoms. The molecule has 1 aliphatic carbocycles. The Kier molecular flexibility index (Phi) is 14.0. The lowest BCUT2D eigenvalue weighted by atomic mass is 9.47. The third-order valence-corrected chi connectivity index (χ3v) is 12.4. The molecule has 0 N–H and O–H groups in total. The highest BCUT2D eigenvalue weighted by Gasteiger charge is 2.53. The third-order valence-electron chi connectivity index (χ3n) is 9.69. The lowest BCUT2D eigenvalue weighted by Gasteiger charge is -2.56. The van der Waals surface area contributed by atoms with Crippen molar-refractivity contribution in [1.29, 1.82) is 0 Å². The summed E-state index contributed by atoms with van der Waals surface area (Å²) in [5.74, 6) is 0. The maximum Gasteiger partial charge on any atom is 0.412 e. The van der Waals surface area contributed by atoms with Gasteiger partial charge >= 0.3 is 40.0 Å². The lowest BCUT2D eigenvalue weighted by Crippen LogP contribution is -2.49. The molecular weight excluding hydrogens is 585 g/mol. The van der Waals surface area contributed by atoms with Crippen molar-refractivity contribution in [3.8, 4) is 0 Å². The van der Waals surface area contributed by atoms with Crippen LogP contribution in [0.5, 0.6) is 0 Å². The normalized spacial score (nSPS) is 18.1. The van der Waals surface area contributed by atoms with Crippen LogP contribution in [0.1, 0.15) is 122 Å². The SMILES string of the molecule is CCCCC1(CCCC)CCc2c(ccc3c2ccc2ccccc23)C1(CCCC)CCCC.O1[Si]O[Si]O[Si]O[Si]1. The second kappa shape index (κ2) is 17.4. The van der Waals surface area contributed by atoms with E-state index >= 15 is 0 Å². The maximum atomic E-state index is 4.82. The van der Waals surface area contributed by atoms with Crippen molar-refractivity contribution < 1.29 is 16.5 Å². The summed E-state index contributed by atoms with van der Waals surface area (Å²) in [5.41, 5.74) is 4.26. The standard InChI is InChI=1S/C34H48.O4Si4/c1-5-9-22-33(23-10-6-2)26-21-31-30-18-17-27-15-13-14-16-28(27)29(30)19-20-32(31)34(33,24-11-7-3)25-12-8-4;1-5-2-7-4-8-3-6-1/h13-20H,5-12,21-26H2,1-4H3;. The van der Waals surface area contributed by atoms with Gasteiger partial charge < -0.3 is 16.5 Å². The third kappa shape index (κ3) is 7.75. The van der Waals surface area contributed by atoms with Crippen LogP contribution in [-0.4, -0.2) is 40.0 Å². The van der Waals surface area contributed by atoms with Gasteiger partial charge in [-0.2, -0.15) is 0 Å². The maximum absolute atomic E-state index is 4.82. The highest BCUT2D eigenvalue weighted by molar-refractivity contribution is 6.50. The molecule has 5 rings (SSSR count). The minimum atomic E-state index is 0.0694. The molecule has 224 valence electrons. The number of rotatable bonds is 12. The first-order valence-corrected chi connectivity index (χ1v) is 19.5. The predicted molar refractivity (Wildman–Crippen MR) is 179 cm³/mol. The van der Waals surface area contributed by atoms with Crippen LogP contribution in [0.4, 0.5) is 0 Å². The number of fused-ring (bicyclic) bond motifs is 5. The summed E-state index contributed by atoms with van der Waals surface area (Å²) in [6.45, 7) is 9.57. The van der Waals surface area contributed by atoms with Crippen molar-refractivity contribution in [2.45, 2.75) is 123 Å². The van der Waals surface area contributed by atoms with E-state index in [0.717, 1.165) is 0 Å². The van der Waals surface area contributed by atoms with Crippen LogP contribution >= 0.6 is 0 Å². The number of hydrogen-bond acceptors (Lipinski definition) is 4. The molecule has 0 spiro atoms. The average molecular weight is 633 g/mol. The highest BCUT2D eigenvalue weighted by Crippen LogP contribution is 2.61. The Bertz CT molecular complexity index is 1200. The number of unbranched alkanes of at least 4 members (excludes halogenated alkanes) is 4. The van der Waals surface area contributed by atoms with Gasteiger partial charge in [-0.1, -0.05) is 128 Å². The van der Waals surface area contributed by atoms with Gasteiger partial charge in [0.05, 0.1) is 0 Å². The van der Waals surface area contributed by atoms with Crippen molar-refractivity contribution in [2.24, 2.45) is 5.41 Å². The number of aryl methyl sites for hydroxylation is 1. The van der Waals surface area contributed by atoms with Gasteiger partial charge in [0.25, 0.3) is 0 Å². The summed E-state index contributed by atoms with van der Waals surface area (Å²) < 4.78 is 19.3. The highest BCUT2D eigenvalue weighted by atomic mass is 28.4. The van der Waals surface area contributed by atoms with E-state index in [1.54, 1.807) is 11.1 Å². The molecule has 0 aromatic heterocycles. The minimum absolute atomic E-state index is 0.0694. The van der Waals surface area contributed by atoms with E-state index in [2.05, 4.69) is 76.2 Å². The molecule has 2 aliphatic rings. The Balaban J connectivity index is 0.000000437. The molecule has 1 fully saturated rings. The second-order valence-electron chi connectivity index (χ2n) is 12.0. The molecule has 0 unspecified atom stereocenters. The smallest absolute Gasteiger partial charge is 0.412 e. The Hall–Kier alpha value is -1.11. The minimum Gasteiger partial charge on any atom is -0.412 e. The van der Waals surface area contributed by atoms with Crippen LogP contribution in [0.3, 0.4) is 0 Å². The van der Waals surface area contributed by atoms with Gasteiger partial charge in [-0.25, -0.2) is 0 Å². The van der Waals surface area contributed by atoms with Crippen LogP contribution in [-0.2, 0) is 28.3 Å². The summed E-state index contributed by atoms with van der Waals surface area (Å²) in [5, 5.41) is 5.79. The van der Waals surface area contributed by atoms with Gasteiger partial charge in [0, 0.05) is 5.41 Å². The molecule has 3 aromatic carbocycles. The van der Waals surface area contributed by atoms with Gasteiger partial charge in [-0.05, 0) is 76.6 Å². The van der Waals surface area contributed by atoms with E-state index in [-0.39, 0.29) is 40.0 Å². The zero-order valence-electron chi connectivity index (χ0n) is 26.2. The largest absolute Gasteiger partial charge is 0.412 e. The van der Waals surface area contributed by atoms with Gasteiger partial charge in [-0.15, -0.1) is 0 Å². The van der Waals surface area contributed by atoms with Crippen molar-refractivity contribution in [1.82, 2.24) is 0 Å². The zero-order valence-corrected chi connectivity index (χ0v) is 30.2. The topological polar surface area (TPSA) is 36.9 Å². The summed E-state index contributed by atoms with van der Waals surface area (Å²) in [6, 6.07) is 18.9. The van der Waals surface area contributed by atoms with E-state index in [1.807, 2.05) is 0 Å². The second-order valence-corrected chi connectivity index (χ2v) is 15.9. The quantitative estimate of drug-likeness (QED) is 0.147. The van der Waals surface area contributed by atoms with Gasteiger partial charge in [0.15, 0.2) is 0 Å². The van der Waals surface area contributed by atoms with Crippen molar-refractivity contribution >= 4 is 61.6 Å². The molecular formula is C34H48O4Si4. The first-order valence-electron chi connectivity index (χ1n) is 16.2. The Labute approximate surface area is 265 Å². The zero-order chi connectivity index (χ0) is 29.7. The molecule has 0 amide bonds. The first-order chi connectivity index (χ1) is 20.7. The summed E-state index contributed by atoms with van der Waals surface area (Å²) >= 11 is 0. The molecule has 42 heavy (non-hydrogen) atoms. The van der Waals surface area contributed by atoms with Crippen LogP contribution < -0.4 is 0 Å². The van der Waals surface area contributed by atoms with E-state index in [9.17, 15) is 0 Å². The van der Waals surface area contributed by atoms with E-state index in [4.69, 9.17) is 16.5 Å². The van der Waals surface area contributed by atoms with E-state index in [1.165, 1.54) is 111 Å². The van der Waals surface area contributed by atoms with Crippen molar-refractivity contribution in [3.63, 3.8) is 0 Å². The first kappa shape index (κ1) is 33.8. The van der Waals surface area contributed by atoms with Crippen LogP contribution in [0, 0.1) is 5.41 Å². The van der Waals surface area contributed by atoms with Gasteiger partial charge in [-0.3, -0.25) is 0 Å². The lowest BCUT2D eigenvalue weighted by molar-refractivity contribution is 0.0388. The van der Waals surface area contributed by atoms with Crippen LogP contribution in [0.25, 0.3) is 21.5 Å². The Morgan fingerprint density at radius 3 is 1.67 bits per heavy atom. The molecule has 0 saturated carbocycles. The molecule has 4 nitrogen and oxygen atoms in total. The molecule has 1 saturated heterocycles. The summed E-state index contributed by atoms with van der Waals surface area (Å²) in [7, 11) is 0.278. The average Bonchev–Trinajstić information content (AvgIpc) is 3.01. The molecule has 0 atom stereocenters. The fourth-order valence-electron chi connectivity index (χ4n) is 7.67. The summed E-state index contributed by atoms with van der Waals surface area (Å²) in [6.07, 6.45) is 19.0. The van der Waals surface area contributed by atoms with Crippen LogP contribution in [0.2, 0.25) is 0 Å². The van der Waals surface area contributed by atoms with E-state index < -0.39 is 0 Å². The monoisotopic (exact) mass is 632 g/mol. The number of hydrogen-bond donors (Lipinski definition) is 0. The van der Waals surface area contributed by atoms with Crippen molar-refractivity contribution in [3.05, 3.63) is 59.7 Å². The predicted octanol–water partition coefficient (Wildman–Crippen LogP) is 9.13. The molecule has 3 aromatic rings. The van der Waals surface area contributed by atoms with E-state index in [0.29, 0.717) is 10.8 Å². The number of benzene rings is 3. The van der Waals surface area contributed by atoms with Crippen molar-refractivity contribution in [2.75, 3.05) is 0 Å². The van der Waals surface area contributed by atoms with Crippen LogP contribution in [0.15, 0.2) is 48.5 Å². The molecule has 8 heteroatoms.